The zero-order chi connectivity index (χ0) is 21.0. The van der Waals surface area contributed by atoms with E-state index in [0.29, 0.717) is 38.7 Å². The summed E-state index contributed by atoms with van der Waals surface area (Å²) < 4.78 is 17.7. The van der Waals surface area contributed by atoms with E-state index in [4.69, 9.17) is 14.2 Å². The van der Waals surface area contributed by atoms with Gasteiger partial charge in [-0.2, -0.15) is 0 Å². The van der Waals surface area contributed by atoms with Crippen molar-refractivity contribution in [3.8, 4) is 11.5 Å². The molecule has 164 valence electrons. The van der Waals surface area contributed by atoms with Crippen LogP contribution in [0, 0.1) is 5.92 Å². The summed E-state index contributed by atoms with van der Waals surface area (Å²) in [5.74, 6) is -0.274. The van der Waals surface area contributed by atoms with Gasteiger partial charge in [-0.3, -0.25) is 0 Å². The molecule has 5 unspecified atom stereocenters. The van der Waals surface area contributed by atoms with Gasteiger partial charge in [0.05, 0.1) is 43.7 Å². The molecule has 0 spiro atoms. The van der Waals surface area contributed by atoms with Gasteiger partial charge in [0.15, 0.2) is 17.8 Å². The zero-order valence-electron chi connectivity index (χ0n) is 16.7. The molecular formula is C21H32O8. The first-order valence-electron chi connectivity index (χ1n) is 10.3. The highest BCUT2D eigenvalue weighted by Crippen LogP contribution is 2.31. The van der Waals surface area contributed by atoms with E-state index in [1.54, 1.807) is 6.07 Å². The van der Waals surface area contributed by atoms with Gasteiger partial charge in [-0.05, 0) is 36.5 Å². The Bertz CT molecular complexity index is 654. The van der Waals surface area contributed by atoms with Gasteiger partial charge in [-0.1, -0.05) is 13.0 Å². The van der Waals surface area contributed by atoms with Crippen LogP contribution in [0.3, 0.4) is 0 Å². The number of aliphatic hydroxyl groups excluding tert-OH is 3. The summed E-state index contributed by atoms with van der Waals surface area (Å²) in [5.41, 5.74) is 0.820. The van der Waals surface area contributed by atoms with Crippen molar-refractivity contribution in [2.24, 2.45) is 5.92 Å². The maximum absolute atomic E-state index is 10.3. The lowest BCUT2D eigenvalue weighted by Crippen LogP contribution is -2.47. The molecule has 1 saturated heterocycles. The monoisotopic (exact) mass is 412 g/mol. The van der Waals surface area contributed by atoms with E-state index >= 15 is 0 Å². The lowest BCUT2D eigenvalue weighted by atomic mass is 9.84. The lowest BCUT2D eigenvalue weighted by molar-refractivity contribution is -0.241. The highest BCUT2D eigenvalue weighted by molar-refractivity contribution is 5.40. The SMILES string of the molecule is C[C@@H]1CC(OC2CC(CO)OC(OCCc3ccc(O)c(O)c3)C2)[C@H](O)CC1O. The van der Waals surface area contributed by atoms with Crippen molar-refractivity contribution in [3.05, 3.63) is 23.8 Å². The molecular weight excluding hydrogens is 380 g/mol. The fraction of sp³-hybridized carbons (Fsp3) is 0.714. The molecule has 1 heterocycles. The second kappa shape index (κ2) is 10.1. The Labute approximate surface area is 170 Å². The Balaban J connectivity index is 1.51. The van der Waals surface area contributed by atoms with E-state index in [1.165, 1.54) is 12.1 Å². The molecule has 0 aromatic heterocycles. The molecule has 0 radical (unpaired) electrons. The fourth-order valence-corrected chi connectivity index (χ4v) is 4.00. The summed E-state index contributed by atoms with van der Waals surface area (Å²) in [6.45, 7) is 2.14. The molecule has 5 N–H and O–H groups in total. The van der Waals surface area contributed by atoms with Crippen molar-refractivity contribution in [2.45, 2.75) is 75.8 Å². The molecule has 7 atom stereocenters. The Morgan fingerprint density at radius 3 is 2.55 bits per heavy atom. The second-order valence-electron chi connectivity index (χ2n) is 8.17. The summed E-state index contributed by atoms with van der Waals surface area (Å²) in [5, 5.41) is 48.6. The molecule has 1 aromatic carbocycles. The van der Waals surface area contributed by atoms with Crippen molar-refractivity contribution in [2.75, 3.05) is 13.2 Å². The molecule has 1 saturated carbocycles. The highest BCUT2D eigenvalue weighted by Gasteiger charge is 2.38. The van der Waals surface area contributed by atoms with Gasteiger partial charge in [0.1, 0.15) is 0 Å². The van der Waals surface area contributed by atoms with E-state index in [9.17, 15) is 25.5 Å². The Morgan fingerprint density at radius 2 is 1.83 bits per heavy atom. The van der Waals surface area contributed by atoms with Crippen LogP contribution in [0.4, 0.5) is 0 Å². The van der Waals surface area contributed by atoms with Crippen LogP contribution in [0.1, 0.15) is 38.2 Å². The molecule has 2 aliphatic rings. The van der Waals surface area contributed by atoms with E-state index < -0.39 is 24.6 Å². The molecule has 2 fully saturated rings. The molecule has 1 aromatic rings. The van der Waals surface area contributed by atoms with Gasteiger partial charge < -0.3 is 39.7 Å². The van der Waals surface area contributed by atoms with Crippen molar-refractivity contribution in [3.63, 3.8) is 0 Å². The summed E-state index contributed by atoms with van der Waals surface area (Å²) in [4.78, 5) is 0. The molecule has 8 heteroatoms. The van der Waals surface area contributed by atoms with Gasteiger partial charge in [0, 0.05) is 19.3 Å². The minimum Gasteiger partial charge on any atom is -0.504 e. The predicted molar refractivity (Wildman–Crippen MR) is 103 cm³/mol. The number of benzene rings is 1. The molecule has 1 aliphatic heterocycles. The number of aliphatic hydroxyl groups is 3. The Hall–Kier alpha value is -1.42. The number of hydrogen-bond acceptors (Lipinski definition) is 8. The highest BCUT2D eigenvalue weighted by atomic mass is 16.7. The normalized spacial score (nSPS) is 35.5. The van der Waals surface area contributed by atoms with Crippen molar-refractivity contribution in [1.29, 1.82) is 0 Å². The standard InChI is InChI=1S/C21H32O8/c1-12-6-20(19(26)10-17(12)24)28-14-8-15(11-22)29-21(9-14)27-5-4-13-2-3-16(23)18(25)7-13/h2-3,7,12,14-15,17,19-26H,4-6,8-11H2,1H3/t12-,14?,15?,17?,19-,20?,21?/m1/s1. The first-order valence-corrected chi connectivity index (χ1v) is 10.3. The van der Waals surface area contributed by atoms with Gasteiger partial charge in [0.25, 0.3) is 0 Å². The molecule has 29 heavy (non-hydrogen) atoms. The molecule has 0 amide bonds. The number of ether oxygens (including phenoxy) is 3. The summed E-state index contributed by atoms with van der Waals surface area (Å²) in [6, 6.07) is 4.63. The Morgan fingerprint density at radius 1 is 1.03 bits per heavy atom. The molecule has 8 nitrogen and oxygen atoms in total. The average Bonchev–Trinajstić information content (AvgIpc) is 2.68. The van der Waals surface area contributed by atoms with E-state index in [2.05, 4.69) is 0 Å². The van der Waals surface area contributed by atoms with Crippen molar-refractivity contribution >= 4 is 0 Å². The lowest BCUT2D eigenvalue weighted by Gasteiger charge is -2.40. The van der Waals surface area contributed by atoms with Crippen LogP contribution < -0.4 is 0 Å². The molecule has 0 bridgehead atoms. The zero-order valence-corrected chi connectivity index (χ0v) is 16.7. The van der Waals surface area contributed by atoms with Gasteiger partial charge in [-0.25, -0.2) is 0 Å². The summed E-state index contributed by atoms with van der Waals surface area (Å²) >= 11 is 0. The fourth-order valence-electron chi connectivity index (χ4n) is 4.00. The quantitative estimate of drug-likeness (QED) is 0.421. The largest absolute Gasteiger partial charge is 0.504 e. The third-order valence-corrected chi connectivity index (χ3v) is 5.80. The minimum atomic E-state index is -0.710. The van der Waals surface area contributed by atoms with E-state index in [1.807, 2.05) is 6.92 Å². The van der Waals surface area contributed by atoms with Crippen LogP contribution in [0.25, 0.3) is 0 Å². The number of rotatable bonds is 7. The number of hydrogen-bond donors (Lipinski definition) is 5. The van der Waals surface area contributed by atoms with E-state index in [0.717, 1.165) is 5.56 Å². The minimum absolute atomic E-state index is 0.0608. The van der Waals surface area contributed by atoms with Crippen LogP contribution >= 0.6 is 0 Å². The summed E-state index contributed by atoms with van der Waals surface area (Å²) in [7, 11) is 0. The third-order valence-electron chi connectivity index (χ3n) is 5.80. The third kappa shape index (κ3) is 6.04. The summed E-state index contributed by atoms with van der Waals surface area (Å²) in [6.07, 6.45) is -0.322. The Kier molecular flexibility index (Phi) is 7.72. The van der Waals surface area contributed by atoms with Gasteiger partial charge >= 0.3 is 0 Å². The topological polar surface area (TPSA) is 129 Å². The smallest absolute Gasteiger partial charge is 0.160 e. The van der Waals surface area contributed by atoms with Crippen molar-refractivity contribution < 1.29 is 39.7 Å². The van der Waals surface area contributed by atoms with Crippen LogP contribution in [0.2, 0.25) is 0 Å². The van der Waals surface area contributed by atoms with Crippen LogP contribution in [0.15, 0.2) is 18.2 Å². The first-order chi connectivity index (χ1) is 13.9. The number of phenolic OH excluding ortho intramolecular Hbond substituents is 2. The molecule has 3 rings (SSSR count). The van der Waals surface area contributed by atoms with Gasteiger partial charge in [0.2, 0.25) is 0 Å². The molecule has 1 aliphatic carbocycles. The second-order valence-corrected chi connectivity index (χ2v) is 8.17. The maximum atomic E-state index is 10.3. The number of aromatic hydroxyl groups is 2. The van der Waals surface area contributed by atoms with Crippen LogP contribution in [0.5, 0.6) is 11.5 Å². The predicted octanol–water partition coefficient (Wildman–Crippen LogP) is 1.06. The van der Waals surface area contributed by atoms with Crippen LogP contribution in [-0.4, -0.2) is 75.6 Å². The van der Waals surface area contributed by atoms with Crippen molar-refractivity contribution in [1.82, 2.24) is 0 Å². The maximum Gasteiger partial charge on any atom is 0.160 e. The average molecular weight is 412 g/mol. The van der Waals surface area contributed by atoms with E-state index in [-0.39, 0.29) is 36.2 Å². The van der Waals surface area contributed by atoms with Gasteiger partial charge in [-0.15, -0.1) is 0 Å². The first kappa shape index (κ1) is 22.3. The number of phenols is 2. The van der Waals surface area contributed by atoms with Crippen LogP contribution in [-0.2, 0) is 20.6 Å².